The summed E-state index contributed by atoms with van der Waals surface area (Å²) >= 11 is 0. The molecule has 0 radical (unpaired) electrons. The number of hydrogen-bond acceptors (Lipinski definition) is 3. The highest BCUT2D eigenvalue weighted by Gasteiger charge is 2.49. The molecule has 2 aliphatic heterocycles. The number of aliphatic carboxylic acids is 2. The van der Waals surface area contributed by atoms with Gasteiger partial charge in [-0.3, -0.25) is 4.79 Å². The average Bonchev–Trinajstić information content (AvgIpc) is 3.40. The number of carboxylic acid groups (broad SMARTS) is 2. The Bertz CT molecular complexity index is 2020. The van der Waals surface area contributed by atoms with Gasteiger partial charge < -0.3 is 15.1 Å². The highest BCUT2D eigenvalue weighted by molar-refractivity contribution is 6.08. The number of rotatable bonds is 11. The van der Waals surface area contributed by atoms with Crippen molar-refractivity contribution in [1.82, 2.24) is 0 Å². The normalized spacial score (nSPS) is 21.3. The van der Waals surface area contributed by atoms with Gasteiger partial charge in [0.05, 0.1) is 11.8 Å². The van der Waals surface area contributed by atoms with E-state index in [2.05, 4.69) is 74.4 Å². The average molecular weight is 612 g/mol. The molecule has 2 heterocycles. The van der Waals surface area contributed by atoms with E-state index in [4.69, 9.17) is 0 Å². The summed E-state index contributed by atoms with van der Waals surface area (Å²) in [6.07, 6.45) is 11.2. The Balaban J connectivity index is 1.54. The van der Waals surface area contributed by atoms with Crippen molar-refractivity contribution in [3.63, 3.8) is 0 Å². The van der Waals surface area contributed by atoms with Gasteiger partial charge in [0.2, 0.25) is 12.2 Å². The fourth-order valence-corrected chi connectivity index (χ4v) is 7.76. The van der Waals surface area contributed by atoms with Crippen LogP contribution in [0.4, 0.5) is 11.4 Å². The number of hydrogen-bond donors (Lipinski definition) is 2. The highest BCUT2D eigenvalue weighted by atomic mass is 16.4. The first kappa shape index (κ1) is 30.8. The molecule has 2 unspecified atom stereocenters. The van der Waals surface area contributed by atoms with Gasteiger partial charge in [-0.1, -0.05) is 72.8 Å². The zero-order valence-electron chi connectivity index (χ0n) is 26.4. The Morgan fingerprint density at radius 1 is 0.804 bits per heavy atom. The van der Waals surface area contributed by atoms with Gasteiger partial charge in [0, 0.05) is 41.1 Å². The van der Waals surface area contributed by atoms with E-state index in [-0.39, 0.29) is 13.0 Å². The van der Waals surface area contributed by atoms with Crippen LogP contribution in [0.25, 0.3) is 21.5 Å². The summed E-state index contributed by atoms with van der Waals surface area (Å²) in [5.41, 5.74) is 5.01. The van der Waals surface area contributed by atoms with Crippen molar-refractivity contribution in [3.8, 4) is 0 Å². The summed E-state index contributed by atoms with van der Waals surface area (Å²) in [6, 6.07) is 24.8. The lowest BCUT2D eigenvalue weighted by Gasteiger charge is -2.29. The molecule has 4 aromatic carbocycles. The molecule has 0 aliphatic carbocycles. The van der Waals surface area contributed by atoms with Crippen LogP contribution in [-0.2, 0) is 20.4 Å². The van der Waals surface area contributed by atoms with Crippen molar-refractivity contribution >= 4 is 50.6 Å². The largest absolute Gasteiger partial charge is 0.481 e. The molecule has 0 amide bonds. The van der Waals surface area contributed by atoms with E-state index < -0.39 is 22.8 Å². The monoisotopic (exact) mass is 611 g/mol. The number of anilines is 1. The summed E-state index contributed by atoms with van der Waals surface area (Å²) in [5, 5.41) is 24.1. The summed E-state index contributed by atoms with van der Waals surface area (Å²) in [7, 11) is 0. The maximum absolute atomic E-state index is 12.2. The molecule has 6 nitrogen and oxygen atoms in total. The predicted molar refractivity (Wildman–Crippen MR) is 186 cm³/mol. The molecule has 6 rings (SSSR count). The molecule has 4 aromatic rings. The second kappa shape index (κ2) is 11.9. The van der Waals surface area contributed by atoms with Crippen LogP contribution in [0.1, 0.15) is 44.2 Å². The van der Waals surface area contributed by atoms with E-state index in [1.807, 2.05) is 65.3 Å². The Morgan fingerprint density at radius 2 is 1.41 bits per heavy atom. The summed E-state index contributed by atoms with van der Waals surface area (Å²) in [6.45, 7) is 12.7. The van der Waals surface area contributed by atoms with Crippen LogP contribution >= 0.6 is 0 Å². The van der Waals surface area contributed by atoms with Crippen molar-refractivity contribution in [2.45, 2.75) is 43.9 Å². The van der Waals surface area contributed by atoms with Gasteiger partial charge in [-0.2, -0.15) is 4.58 Å². The van der Waals surface area contributed by atoms with Crippen LogP contribution in [-0.4, -0.2) is 45.5 Å². The van der Waals surface area contributed by atoms with Crippen LogP contribution < -0.4 is 4.90 Å². The van der Waals surface area contributed by atoms with Crippen LogP contribution in [0, 0.1) is 0 Å². The lowest BCUT2D eigenvalue weighted by atomic mass is 9.74. The van der Waals surface area contributed by atoms with Crippen LogP contribution in [0.15, 0.2) is 122 Å². The molecule has 0 saturated heterocycles. The lowest BCUT2D eigenvalue weighted by molar-refractivity contribution is -0.428. The molecular formula is C40H39N2O4+. The van der Waals surface area contributed by atoms with Gasteiger partial charge in [-0.05, 0) is 72.0 Å². The smallest absolute Gasteiger partial charge is 0.370 e. The van der Waals surface area contributed by atoms with Gasteiger partial charge in [0.25, 0.3) is 0 Å². The summed E-state index contributed by atoms with van der Waals surface area (Å²) < 4.78 is 1.91. The maximum atomic E-state index is 12.2. The number of fused-ring (bicyclic) bond motifs is 6. The molecule has 2 aliphatic rings. The molecule has 0 fully saturated rings. The third kappa shape index (κ3) is 4.94. The van der Waals surface area contributed by atoms with E-state index in [1.165, 1.54) is 0 Å². The quantitative estimate of drug-likeness (QED) is 0.132. The fourth-order valence-electron chi connectivity index (χ4n) is 7.76. The van der Waals surface area contributed by atoms with Crippen molar-refractivity contribution in [1.29, 1.82) is 0 Å². The first-order chi connectivity index (χ1) is 22.1. The van der Waals surface area contributed by atoms with E-state index in [1.54, 1.807) is 0 Å². The Kier molecular flexibility index (Phi) is 7.99. The van der Waals surface area contributed by atoms with Gasteiger partial charge in [-0.25, -0.2) is 4.79 Å². The summed E-state index contributed by atoms with van der Waals surface area (Å²) in [4.78, 5) is 26.1. The zero-order chi connectivity index (χ0) is 32.6. The minimum absolute atomic E-state index is 0.0129. The third-order valence-electron chi connectivity index (χ3n) is 9.67. The number of benzene rings is 4. The minimum atomic E-state index is -0.914. The van der Waals surface area contributed by atoms with Crippen LogP contribution in [0.2, 0.25) is 0 Å². The first-order valence-electron chi connectivity index (χ1n) is 15.6. The lowest BCUT2D eigenvalue weighted by Crippen LogP contribution is -2.32. The molecule has 2 N–H and O–H groups in total. The minimum Gasteiger partial charge on any atom is -0.481 e. The van der Waals surface area contributed by atoms with Gasteiger partial charge >= 0.3 is 11.9 Å². The first-order valence-corrected chi connectivity index (χ1v) is 15.6. The molecule has 0 bridgehead atoms. The number of allylic oxidation sites excluding steroid dienone is 6. The standard InChI is InChI=1S/C40H38N2O4/c1-5-23-39(3)33(41(25-22-35(43)44)31-20-18-27-12-7-9-14-29(27)37(31)39)16-11-17-34-40(4,24-6-2)38-30-15-10-8-13-28(30)19-21-32(38)42(34)26-36(45)46/h5-21H,1-2,22-26H2,3-4H3,(H-,43,44,45,46)/p+1. The molecule has 46 heavy (non-hydrogen) atoms. The highest BCUT2D eigenvalue weighted by Crippen LogP contribution is 2.53. The second-order valence-electron chi connectivity index (χ2n) is 12.6. The molecule has 232 valence electrons. The summed E-state index contributed by atoms with van der Waals surface area (Å²) in [5.74, 6) is -1.77. The molecule has 6 heteroatoms. The molecule has 0 aromatic heterocycles. The van der Waals surface area contributed by atoms with Gasteiger partial charge in [-0.15, -0.1) is 13.2 Å². The van der Waals surface area contributed by atoms with Gasteiger partial charge in [0.1, 0.15) is 0 Å². The van der Waals surface area contributed by atoms with Crippen molar-refractivity contribution in [2.24, 2.45) is 0 Å². The third-order valence-corrected chi connectivity index (χ3v) is 9.67. The SMILES string of the molecule is C=CCC1(C)C(/C=C/C=C2\N(CCC(=O)O)c3ccc4ccccc4c3C2(C)CC=C)=[N+](CC(=O)O)c2ccc3ccccc3c21. The van der Waals surface area contributed by atoms with Crippen molar-refractivity contribution in [3.05, 3.63) is 133 Å². The maximum Gasteiger partial charge on any atom is 0.370 e. The van der Waals surface area contributed by atoms with Crippen molar-refractivity contribution < 1.29 is 24.4 Å². The van der Waals surface area contributed by atoms with E-state index in [0.717, 1.165) is 55.5 Å². The number of carboxylic acids is 2. The van der Waals surface area contributed by atoms with E-state index >= 15 is 0 Å². The topological polar surface area (TPSA) is 80.9 Å². The van der Waals surface area contributed by atoms with Crippen molar-refractivity contribution in [2.75, 3.05) is 18.0 Å². The van der Waals surface area contributed by atoms with Crippen LogP contribution in [0.3, 0.4) is 0 Å². The molecule has 0 spiro atoms. The molecule has 0 saturated carbocycles. The Hall–Kier alpha value is -5.23. The van der Waals surface area contributed by atoms with Gasteiger partial charge in [0.15, 0.2) is 5.71 Å². The predicted octanol–water partition coefficient (Wildman–Crippen LogP) is 8.28. The van der Waals surface area contributed by atoms with E-state index in [0.29, 0.717) is 19.4 Å². The Morgan fingerprint density at radius 3 is 2.04 bits per heavy atom. The molecule has 2 atom stereocenters. The second-order valence-corrected chi connectivity index (χ2v) is 12.6. The molecular weight excluding hydrogens is 572 g/mol. The number of nitrogens with zero attached hydrogens (tertiary/aromatic N) is 2. The van der Waals surface area contributed by atoms with Crippen LogP contribution in [0.5, 0.6) is 0 Å². The fraction of sp³-hybridized carbons (Fsp3) is 0.225. The number of carbonyl (C=O) groups is 2. The van der Waals surface area contributed by atoms with E-state index in [9.17, 15) is 19.8 Å². The Labute approximate surface area is 269 Å². The zero-order valence-corrected chi connectivity index (χ0v) is 26.4.